The summed E-state index contributed by atoms with van der Waals surface area (Å²) < 4.78 is 7.14. The number of nitrogens with zero attached hydrogens (tertiary/aromatic N) is 4. The monoisotopic (exact) mass is 288 g/mol. The van der Waals surface area contributed by atoms with Crippen LogP contribution in [0.4, 0.5) is 0 Å². The average molecular weight is 288 g/mol. The van der Waals surface area contributed by atoms with Crippen molar-refractivity contribution >= 4 is 11.8 Å². The summed E-state index contributed by atoms with van der Waals surface area (Å²) in [6.07, 6.45) is 0. The van der Waals surface area contributed by atoms with Crippen molar-refractivity contribution < 1.29 is 9.52 Å². The molecule has 0 saturated heterocycles. The molecule has 0 aliphatic rings. The fraction of sp³-hybridized carbons (Fsp3) is 0.154. The Bertz CT molecular complexity index is 705. The highest BCUT2D eigenvalue weighted by Gasteiger charge is 2.10. The molecule has 0 bridgehead atoms. The maximum Gasteiger partial charge on any atom is 0.214 e. The molecular formula is C13H12N4O2S. The number of aromatic hydroxyl groups is 1. The summed E-state index contributed by atoms with van der Waals surface area (Å²) in [4.78, 5) is 0. The Morgan fingerprint density at radius 2 is 2.00 bits per heavy atom. The van der Waals surface area contributed by atoms with E-state index < -0.39 is 0 Å². The van der Waals surface area contributed by atoms with Gasteiger partial charge in [-0.25, -0.2) is 0 Å². The molecule has 0 fully saturated rings. The van der Waals surface area contributed by atoms with E-state index in [1.54, 1.807) is 28.9 Å². The van der Waals surface area contributed by atoms with E-state index in [2.05, 4.69) is 15.5 Å². The van der Waals surface area contributed by atoms with Gasteiger partial charge in [0.2, 0.25) is 5.16 Å². The molecule has 1 N–H and O–H groups in total. The summed E-state index contributed by atoms with van der Waals surface area (Å²) in [7, 11) is 0. The van der Waals surface area contributed by atoms with Crippen molar-refractivity contribution in [2.75, 3.05) is 0 Å². The second-order valence-electron chi connectivity index (χ2n) is 4.19. The first-order valence-corrected chi connectivity index (χ1v) is 6.97. The first-order valence-electron chi connectivity index (χ1n) is 5.98. The van der Waals surface area contributed by atoms with Crippen LogP contribution < -0.4 is 0 Å². The molecule has 0 radical (unpaired) electrons. The smallest absolute Gasteiger partial charge is 0.214 e. The van der Waals surface area contributed by atoms with E-state index in [0.717, 1.165) is 17.2 Å². The molecule has 1 aromatic carbocycles. The van der Waals surface area contributed by atoms with Gasteiger partial charge in [-0.3, -0.25) is 0 Å². The highest BCUT2D eigenvalue weighted by molar-refractivity contribution is 7.98. The van der Waals surface area contributed by atoms with Crippen molar-refractivity contribution in [2.24, 2.45) is 0 Å². The normalized spacial score (nSPS) is 10.8. The lowest BCUT2D eigenvalue weighted by Gasteiger charge is -2.03. The molecule has 2 heterocycles. The van der Waals surface area contributed by atoms with Crippen LogP contribution in [-0.4, -0.2) is 25.3 Å². The summed E-state index contributed by atoms with van der Waals surface area (Å²) in [5.74, 6) is 2.64. The second-order valence-corrected chi connectivity index (χ2v) is 5.13. The molecule has 3 rings (SSSR count). The summed E-state index contributed by atoms with van der Waals surface area (Å²) in [6, 6.07) is 10.6. The molecule has 0 atom stereocenters. The SMILES string of the molecule is Cc1ccc(CSc2nnnn2-c2ccc(O)cc2)o1. The van der Waals surface area contributed by atoms with E-state index in [0.29, 0.717) is 10.9 Å². The topological polar surface area (TPSA) is 77.0 Å². The summed E-state index contributed by atoms with van der Waals surface area (Å²) in [6.45, 7) is 1.91. The number of hydrogen-bond acceptors (Lipinski definition) is 6. The van der Waals surface area contributed by atoms with Crippen LogP contribution in [0, 0.1) is 6.92 Å². The molecule has 0 amide bonds. The highest BCUT2D eigenvalue weighted by Crippen LogP contribution is 2.24. The quantitative estimate of drug-likeness (QED) is 0.743. The van der Waals surface area contributed by atoms with E-state index in [-0.39, 0.29) is 5.75 Å². The van der Waals surface area contributed by atoms with Gasteiger partial charge in [0.15, 0.2) is 0 Å². The molecule has 102 valence electrons. The van der Waals surface area contributed by atoms with Gasteiger partial charge in [0.25, 0.3) is 0 Å². The van der Waals surface area contributed by atoms with E-state index >= 15 is 0 Å². The van der Waals surface area contributed by atoms with E-state index in [9.17, 15) is 5.11 Å². The highest BCUT2D eigenvalue weighted by atomic mass is 32.2. The van der Waals surface area contributed by atoms with Gasteiger partial charge in [-0.15, -0.1) is 5.10 Å². The number of thioether (sulfide) groups is 1. The molecule has 2 aromatic heterocycles. The molecule has 0 unspecified atom stereocenters. The second kappa shape index (κ2) is 5.38. The number of rotatable bonds is 4. The maximum absolute atomic E-state index is 9.30. The number of aromatic nitrogens is 4. The lowest BCUT2D eigenvalue weighted by molar-refractivity contribution is 0.475. The van der Waals surface area contributed by atoms with Gasteiger partial charge in [-0.2, -0.15) is 4.68 Å². The van der Waals surface area contributed by atoms with Gasteiger partial charge in [-0.1, -0.05) is 11.8 Å². The molecule has 0 aliphatic carbocycles. The van der Waals surface area contributed by atoms with Gasteiger partial charge in [0.05, 0.1) is 11.4 Å². The van der Waals surface area contributed by atoms with Crippen LogP contribution >= 0.6 is 11.8 Å². The molecule has 20 heavy (non-hydrogen) atoms. The summed E-state index contributed by atoms with van der Waals surface area (Å²) in [5.41, 5.74) is 0.797. The van der Waals surface area contributed by atoms with E-state index in [4.69, 9.17) is 4.42 Å². The van der Waals surface area contributed by atoms with Crippen LogP contribution in [0.5, 0.6) is 5.75 Å². The van der Waals surface area contributed by atoms with Crippen LogP contribution in [0.2, 0.25) is 0 Å². The molecule has 3 aromatic rings. The minimum absolute atomic E-state index is 0.210. The lowest BCUT2D eigenvalue weighted by atomic mass is 10.3. The number of benzene rings is 1. The number of tetrazole rings is 1. The predicted octanol–water partition coefficient (Wildman–Crippen LogP) is 2.56. The molecule has 6 nitrogen and oxygen atoms in total. The van der Waals surface area contributed by atoms with Gasteiger partial charge in [-0.05, 0) is 53.7 Å². The minimum atomic E-state index is 0.210. The molecule has 0 spiro atoms. The molecule has 7 heteroatoms. The van der Waals surface area contributed by atoms with Crippen LogP contribution in [0.3, 0.4) is 0 Å². The van der Waals surface area contributed by atoms with Crippen LogP contribution in [0.15, 0.2) is 46.0 Å². The Morgan fingerprint density at radius 1 is 1.20 bits per heavy atom. The van der Waals surface area contributed by atoms with Crippen LogP contribution in [0.1, 0.15) is 11.5 Å². The zero-order chi connectivity index (χ0) is 13.9. The Morgan fingerprint density at radius 3 is 2.70 bits per heavy atom. The summed E-state index contributed by atoms with van der Waals surface area (Å²) >= 11 is 1.49. The number of phenolic OH excluding ortho intramolecular Hbond substituents is 1. The largest absolute Gasteiger partial charge is 0.508 e. The third-order valence-corrected chi connectivity index (χ3v) is 3.62. The molecular weight excluding hydrogens is 276 g/mol. The van der Waals surface area contributed by atoms with Gasteiger partial charge in [0.1, 0.15) is 17.3 Å². The fourth-order valence-corrected chi connectivity index (χ4v) is 2.51. The fourth-order valence-electron chi connectivity index (χ4n) is 1.72. The van der Waals surface area contributed by atoms with Gasteiger partial charge in [0, 0.05) is 0 Å². The first-order chi connectivity index (χ1) is 9.72. The molecule has 0 saturated carbocycles. The van der Waals surface area contributed by atoms with E-state index in [1.165, 1.54) is 11.8 Å². The zero-order valence-corrected chi connectivity index (χ0v) is 11.5. The Balaban J connectivity index is 1.78. The van der Waals surface area contributed by atoms with Crippen molar-refractivity contribution in [2.45, 2.75) is 17.8 Å². The van der Waals surface area contributed by atoms with Crippen molar-refractivity contribution in [3.05, 3.63) is 47.9 Å². The number of aryl methyl sites for hydroxylation is 1. The standard InChI is InChI=1S/C13H12N4O2S/c1-9-2-7-12(19-9)8-20-13-14-15-16-17(13)10-3-5-11(18)6-4-10/h2-7,18H,8H2,1H3. The first kappa shape index (κ1) is 12.7. The Labute approximate surface area is 119 Å². The average Bonchev–Trinajstić information content (AvgIpc) is 3.06. The van der Waals surface area contributed by atoms with Gasteiger partial charge >= 0.3 is 0 Å². The third kappa shape index (κ3) is 2.67. The maximum atomic E-state index is 9.30. The van der Waals surface area contributed by atoms with E-state index in [1.807, 2.05) is 19.1 Å². The van der Waals surface area contributed by atoms with Crippen LogP contribution in [-0.2, 0) is 5.75 Å². The number of phenols is 1. The van der Waals surface area contributed by atoms with Crippen molar-refractivity contribution in [1.82, 2.24) is 20.2 Å². The lowest BCUT2D eigenvalue weighted by Crippen LogP contribution is -1.98. The van der Waals surface area contributed by atoms with Gasteiger partial charge < -0.3 is 9.52 Å². The Hall–Kier alpha value is -2.28. The van der Waals surface area contributed by atoms with Crippen LogP contribution in [0.25, 0.3) is 5.69 Å². The number of hydrogen-bond donors (Lipinski definition) is 1. The predicted molar refractivity (Wildman–Crippen MR) is 73.8 cm³/mol. The Kier molecular flexibility index (Phi) is 3.42. The summed E-state index contributed by atoms with van der Waals surface area (Å²) in [5, 5.41) is 21.6. The minimum Gasteiger partial charge on any atom is -0.508 e. The van der Waals surface area contributed by atoms with Crippen molar-refractivity contribution in [3.63, 3.8) is 0 Å². The van der Waals surface area contributed by atoms with Crippen molar-refractivity contribution in [1.29, 1.82) is 0 Å². The zero-order valence-electron chi connectivity index (χ0n) is 10.7. The third-order valence-electron chi connectivity index (χ3n) is 2.67. The van der Waals surface area contributed by atoms with Crippen molar-refractivity contribution in [3.8, 4) is 11.4 Å². The number of furan rings is 1. The molecule has 0 aliphatic heterocycles.